The number of nitrogens with zero attached hydrogens (tertiary/aromatic N) is 3. The number of nitriles is 1. The fraction of sp³-hybridized carbons (Fsp3) is 0.235. The first-order valence-electron chi connectivity index (χ1n) is 7.08. The van der Waals surface area contributed by atoms with Crippen LogP contribution in [-0.2, 0) is 6.54 Å². The zero-order valence-corrected chi connectivity index (χ0v) is 13.2. The third-order valence-corrected chi connectivity index (χ3v) is 3.58. The monoisotopic (exact) mass is 311 g/mol. The van der Waals surface area contributed by atoms with Gasteiger partial charge in [0.2, 0.25) is 5.88 Å². The van der Waals surface area contributed by atoms with Gasteiger partial charge in [-0.15, -0.1) is 0 Å². The summed E-state index contributed by atoms with van der Waals surface area (Å²) in [7, 11) is 1.58. The van der Waals surface area contributed by atoms with Gasteiger partial charge in [0.15, 0.2) is 0 Å². The van der Waals surface area contributed by atoms with Gasteiger partial charge in [-0.05, 0) is 43.7 Å². The fourth-order valence-corrected chi connectivity index (χ4v) is 2.23. The van der Waals surface area contributed by atoms with Crippen molar-refractivity contribution in [1.29, 1.82) is 5.26 Å². The normalized spacial score (nSPS) is 10.7. The molecule has 0 amide bonds. The second-order valence-corrected chi connectivity index (χ2v) is 4.85. The topological polar surface area (TPSA) is 87.6 Å². The molecule has 2 rings (SSSR count). The molecule has 0 spiro atoms. The number of pyridine rings is 1. The van der Waals surface area contributed by atoms with Crippen LogP contribution >= 0.6 is 0 Å². The summed E-state index contributed by atoms with van der Waals surface area (Å²) >= 11 is 0. The average molecular weight is 311 g/mol. The lowest BCUT2D eigenvalue weighted by Gasteiger charge is -2.12. The first-order valence-corrected chi connectivity index (χ1v) is 7.08. The summed E-state index contributed by atoms with van der Waals surface area (Å²) in [6.45, 7) is 3.61. The summed E-state index contributed by atoms with van der Waals surface area (Å²) in [5, 5.41) is 19.4. The van der Waals surface area contributed by atoms with Crippen molar-refractivity contribution in [3.05, 3.63) is 51.3 Å². The summed E-state index contributed by atoms with van der Waals surface area (Å²) in [6.07, 6.45) is 1.46. The molecule has 1 aromatic heterocycles. The Hall–Kier alpha value is -3.07. The molecule has 0 radical (unpaired) electrons. The Balaban J connectivity index is 2.52. The van der Waals surface area contributed by atoms with Gasteiger partial charge in [0, 0.05) is 12.8 Å². The van der Waals surface area contributed by atoms with E-state index in [9.17, 15) is 15.2 Å². The van der Waals surface area contributed by atoms with Crippen LogP contribution in [-0.4, -0.2) is 23.0 Å². The van der Waals surface area contributed by atoms with E-state index in [0.29, 0.717) is 22.6 Å². The Kier molecular flexibility index (Phi) is 4.82. The zero-order valence-electron chi connectivity index (χ0n) is 13.2. The van der Waals surface area contributed by atoms with Gasteiger partial charge >= 0.3 is 0 Å². The van der Waals surface area contributed by atoms with Gasteiger partial charge in [-0.3, -0.25) is 14.4 Å². The second-order valence-electron chi connectivity index (χ2n) is 4.85. The van der Waals surface area contributed by atoms with Crippen LogP contribution in [0.3, 0.4) is 0 Å². The molecular weight excluding hydrogens is 294 g/mol. The van der Waals surface area contributed by atoms with Crippen molar-refractivity contribution in [2.75, 3.05) is 7.11 Å². The highest BCUT2D eigenvalue weighted by Gasteiger charge is 2.16. The van der Waals surface area contributed by atoms with Crippen LogP contribution < -0.4 is 10.3 Å². The molecule has 0 saturated carbocycles. The van der Waals surface area contributed by atoms with Gasteiger partial charge in [-0.1, -0.05) is 0 Å². The van der Waals surface area contributed by atoms with E-state index in [1.807, 2.05) is 6.07 Å². The highest BCUT2D eigenvalue weighted by atomic mass is 16.5. The van der Waals surface area contributed by atoms with E-state index >= 15 is 0 Å². The van der Waals surface area contributed by atoms with E-state index in [1.165, 1.54) is 6.21 Å². The van der Waals surface area contributed by atoms with Gasteiger partial charge in [0.1, 0.15) is 17.4 Å². The number of hydrogen-bond donors (Lipinski definition) is 1. The van der Waals surface area contributed by atoms with Crippen molar-refractivity contribution < 1.29 is 9.84 Å². The summed E-state index contributed by atoms with van der Waals surface area (Å²) in [6, 6.07) is 8.97. The molecule has 0 bridgehead atoms. The van der Waals surface area contributed by atoms with Crippen LogP contribution in [0.4, 0.5) is 5.69 Å². The minimum Gasteiger partial charge on any atom is -0.497 e. The molecule has 6 nitrogen and oxygen atoms in total. The van der Waals surface area contributed by atoms with E-state index in [1.54, 1.807) is 45.2 Å². The van der Waals surface area contributed by atoms with E-state index in [4.69, 9.17) is 4.74 Å². The maximum Gasteiger partial charge on any atom is 0.271 e. The third kappa shape index (κ3) is 3.09. The van der Waals surface area contributed by atoms with Crippen LogP contribution in [0.1, 0.15) is 23.6 Å². The Labute approximate surface area is 133 Å². The minimum absolute atomic E-state index is 0.0147. The molecule has 0 unspecified atom stereocenters. The lowest BCUT2D eigenvalue weighted by molar-refractivity contribution is 0.409. The highest BCUT2D eigenvalue weighted by molar-refractivity contribution is 5.87. The summed E-state index contributed by atoms with van der Waals surface area (Å²) in [5.74, 6) is 0.528. The van der Waals surface area contributed by atoms with Crippen molar-refractivity contribution in [3.8, 4) is 17.7 Å². The molecule has 0 saturated heterocycles. The number of hydrogen-bond acceptors (Lipinski definition) is 5. The molecule has 1 aromatic carbocycles. The van der Waals surface area contributed by atoms with Gasteiger partial charge in [0.05, 0.1) is 18.4 Å². The lowest BCUT2D eigenvalue weighted by Crippen LogP contribution is -2.24. The molecule has 0 aliphatic rings. The quantitative estimate of drug-likeness (QED) is 0.879. The Morgan fingerprint density at radius 3 is 2.57 bits per heavy atom. The van der Waals surface area contributed by atoms with E-state index in [0.717, 1.165) is 4.57 Å². The predicted molar refractivity (Wildman–Crippen MR) is 87.7 cm³/mol. The van der Waals surface area contributed by atoms with Crippen LogP contribution in [0.2, 0.25) is 0 Å². The van der Waals surface area contributed by atoms with E-state index in [-0.39, 0.29) is 18.0 Å². The number of rotatable bonds is 4. The SMILES string of the molecule is CCn1c(O)c(C=Nc2ccc(OC)cc2)c(C)c(C#N)c1=O. The van der Waals surface area contributed by atoms with Crippen LogP contribution in [0.5, 0.6) is 11.6 Å². The first-order chi connectivity index (χ1) is 11.0. The van der Waals surface area contributed by atoms with Crippen molar-refractivity contribution in [2.24, 2.45) is 4.99 Å². The second kappa shape index (κ2) is 6.79. The van der Waals surface area contributed by atoms with Crippen LogP contribution in [0.15, 0.2) is 34.1 Å². The van der Waals surface area contributed by atoms with Gasteiger partial charge in [-0.2, -0.15) is 5.26 Å². The molecule has 6 heteroatoms. The Morgan fingerprint density at radius 2 is 2.04 bits per heavy atom. The summed E-state index contributed by atoms with van der Waals surface area (Å²) in [5.41, 5.74) is 0.959. The number of methoxy groups -OCH3 is 1. The molecule has 2 aromatic rings. The van der Waals surface area contributed by atoms with Gasteiger partial charge in [-0.25, -0.2) is 0 Å². The number of ether oxygens (including phenoxy) is 1. The lowest BCUT2D eigenvalue weighted by atomic mass is 10.1. The average Bonchev–Trinajstić information content (AvgIpc) is 2.56. The molecule has 0 aliphatic carbocycles. The number of aliphatic imine (C=N–C) groups is 1. The highest BCUT2D eigenvalue weighted by Crippen LogP contribution is 2.22. The molecule has 0 atom stereocenters. The smallest absolute Gasteiger partial charge is 0.271 e. The Morgan fingerprint density at radius 1 is 1.39 bits per heavy atom. The van der Waals surface area contributed by atoms with Crippen molar-refractivity contribution in [3.63, 3.8) is 0 Å². The van der Waals surface area contributed by atoms with Crippen molar-refractivity contribution in [2.45, 2.75) is 20.4 Å². The van der Waals surface area contributed by atoms with Crippen LogP contribution in [0, 0.1) is 18.3 Å². The Bertz CT molecular complexity index is 843. The summed E-state index contributed by atoms with van der Waals surface area (Å²) < 4.78 is 6.23. The largest absolute Gasteiger partial charge is 0.497 e. The fourth-order valence-electron chi connectivity index (χ4n) is 2.23. The third-order valence-electron chi connectivity index (χ3n) is 3.58. The van der Waals surface area contributed by atoms with E-state index in [2.05, 4.69) is 4.99 Å². The molecule has 1 N–H and O–H groups in total. The standard InChI is InChI=1S/C17H17N3O3/c1-4-20-16(21)14(9-18)11(2)15(17(20)22)10-19-12-5-7-13(23-3)8-6-12/h5-8,10,22H,4H2,1-3H3. The minimum atomic E-state index is -0.494. The summed E-state index contributed by atoms with van der Waals surface area (Å²) in [4.78, 5) is 16.4. The zero-order chi connectivity index (χ0) is 17.0. The van der Waals surface area contributed by atoms with Gasteiger partial charge in [0.25, 0.3) is 5.56 Å². The molecule has 0 fully saturated rings. The predicted octanol–water partition coefficient (Wildman–Crippen LogP) is 2.51. The number of aromatic nitrogens is 1. The molecular formula is C17H17N3O3. The molecule has 0 aliphatic heterocycles. The number of benzene rings is 1. The maximum atomic E-state index is 12.1. The number of aromatic hydroxyl groups is 1. The molecule has 23 heavy (non-hydrogen) atoms. The van der Waals surface area contributed by atoms with Crippen LogP contribution in [0.25, 0.3) is 0 Å². The van der Waals surface area contributed by atoms with E-state index < -0.39 is 5.56 Å². The molecule has 118 valence electrons. The molecule has 1 heterocycles. The van der Waals surface area contributed by atoms with Crippen molar-refractivity contribution in [1.82, 2.24) is 4.57 Å². The van der Waals surface area contributed by atoms with Gasteiger partial charge < -0.3 is 9.84 Å². The van der Waals surface area contributed by atoms with Crippen molar-refractivity contribution >= 4 is 11.9 Å². The first kappa shape index (κ1) is 16.3. The maximum absolute atomic E-state index is 12.1.